The van der Waals surface area contributed by atoms with Crippen LogP contribution in [0.5, 0.6) is 5.75 Å². The number of nitrogens with one attached hydrogen (secondary N) is 2. The number of carbonyl (C=O) groups is 2. The fraction of sp³-hybridized carbons (Fsp3) is 0.417. The Hall–Kier alpha value is -2.86. The molecule has 0 saturated carbocycles. The standard InChI is InChI=1S/C24H31N3O3/c1-18(26-24(29)20-9-5-3-6-10-20)23(28)25-17-22(27-15-7-4-8-16-27)19-11-13-21(30-2)14-12-19/h3,5-6,9-14,18,22H,4,7-8,15-17H2,1-2H3,(H,25,28)(H,26,29). The number of piperidine rings is 1. The molecule has 2 atom stereocenters. The molecule has 1 aliphatic heterocycles. The van der Waals surface area contributed by atoms with Crippen molar-refractivity contribution in [1.29, 1.82) is 0 Å². The maximum absolute atomic E-state index is 12.7. The van der Waals surface area contributed by atoms with Crippen LogP contribution >= 0.6 is 0 Å². The van der Waals surface area contributed by atoms with Gasteiger partial charge in [0, 0.05) is 12.1 Å². The molecule has 6 nitrogen and oxygen atoms in total. The van der Waals surface area contributed by atoms with Gasteiger partial charge >= 0.3 is 0 Å². The summed E-state index contributed by atoms with van der Waals surface area (Å²) in [4.78, 5) is 27.4. The molecule has 3 rings (SSSR count). The van der Waals surface area contributed by atoms with E-state index in [2.05, 4.69) is 27.7 Å². The third kappa shape index (κ3) is 5.83. The van der Waals surface area contributed by atoms with E-state index < -0.39 is 6.04 Å². The van der Waals surface area contributed by atoms with Crippen molar-refractivity contribution in [3.05, 3.63) is 65.7 Å². The van der Waals surface area contributed by atoms with E-state index in [4.69, 9.17) is 4.74 Å². The van der Waals surface area contributed by atoms with Gasteiger partial charge in [0.2, 0.25) is 5.91 Å². The number of methoxy groups -OCH3 is 1. The summed E-state index contributed by atoms with van der Waals surface area (Å²) in [6.45, 7) is 4.25. The van der Waals surface area contributed by atoms with Crippen LogP contribution in [0.2, 0.25) is 0 Å². The van der Waals surface area contributed by atoms with Crippen LogP contribution < -0.4 is 15.4 Å². The van der Waals surface area contributed by atoms with E-state index in [1.807, 2.05) is 18.2 Å². The van der Waals surface area contributed by atoms with E-state index in [1.165, 1.54) is 19.3 Å². The molecular formula is C24H31N3O3. The van der Waals surface area contributed by atoms with Crippen LogP contribution in [0.3, 0.4) is 0 Å². The quantitative estimate of drug-likeness (QED) is 0.703. The second kappa shape index (κ2) is 10.8. The molecule has 1 saturated heterocycles. The molecule has 1 aliphatic rings. The van der Waals surface area contributed by atoms with Crippen molar-refractivity contribution in [2.75, 3.05) is 26.7 Å². The molecule has 6 heteroatoms. The Morgan fingerprint density at radius 1 is 1.00 bits per heavy atom. The summed E-state index contributed by atoms with van der Waals surface area (Å²) >= 11 is 0. The van der Waals surface area contributed by atoms with Gasteiger partial charge in [-0.15, -0.1) is 0 Å². The van der Waals surface area contributed by atoms with Crippen molar-refractivity contribution < 1.29 is 14.3 Å². The lowest BCUT2D eigenvalue weighted by atomic mass is 10.0. The molecule has 2 aromatic rings. The average molecular weight is 410 g/mol. The Morgan fingerprint density at radius 2 is 1.67 bits per heavy atom. The van der Waals surface area contributed by atoms with E-state index in [9.17, 15) is 9.59 Å². The van der Waals surface area contributed by atoms with E-state index in [-0.39, 0.29) is 17.9 Å². The van der Waals surface area contributed by atoms with Crippen LogP contribution in [0, 0.1) is 0 Å². The zero-order chi connectivity index (χ0) is 21.3. The summed E-state index contributed by atoms with van der Waals surface area (Å²) in [6, 6.07) is 16.4. The lowest BCUT2D eigenvalue weighted by molar-refractivity contribution is -0.122. The Balaban J connectivity index is 1.62. The molecule has 1 fully saturated rings. The minimum absolute atomic E-state index is 0.0946. The van der Waals surface area contributed by atoms with E-state index in [0.29, 0.717) is 12.1 Å². The predicted molar refractivity (Wildman–Crippen MR) is 118 cm³/mol. The number of hydrogen-bond donors (Lipinski definition) is 2. The fourth-order valence-corrected chi connectivity index (χ4v) is 3.80. The number of ether oxygens (including phenoxy) is 1. The maximum Gasteiger partial charge on any atom is 0.251 e. The Morgan fingerprint density at radius 3 is 2.30 bits per heavy atom. The SMILES string of the molecule is COc1ccc(C(CNC(=O)C(C)NC(=O)c2ccccc2)N2CCCCC2)cc1. The molecular weight excluding hydrogens is 378 g/mol. The monoisotopic (exact) mass is 409 g/mol. The van der Waals surface area contributed by atoms with Gasteiger partial charge in [0.15, 0.2) is 0 Å². The Bertz CT molecular complexity index is 817. The molecule has 2 aromatic carbocycles. The summed E-state index contributed by atoms with van der Waals surface area (Å²) < 4.78 is 5.27. The second-order valence-corrected chi connectivity index (χ2v) is 7.69. The van der Waals surface area contributed by atoms with E-state index >= 15 is 0 Å². The van der Waals surface area contributed by atoms with Gasteiger partial charge in [-0.05, 0) is 62.7 Å². The van der Waals surface area contributed by atoms with Gasteiger partial charge in [0.05, 0.1) is 13.2 Å². The highest BCUT2D eigenvalue weighted by atomic mass is 16.5. The smallest absolute Gasteiger partial charge is 0.251 e. The number of rotatable bonds is 8. The van der Waals surface area contributed by atoms with Crippen LogP contribution in [-0.2, 0) is 4.79 Å². The predicted octanol–water partition coefficient (Wildman–Crippen LogP) is 3.16. The molecule has 2 N–H and O–H groups in total. The summed E-state index contributed by atoms with van der Waals surface area (Å²) in [7, 11) is 1.66. The highest BCUT2D eigenvalue weighted by Crippen LogP contribution is 2.25. The molecule has 30 heavy (non-hydrogen) atoms. The average Bonchev–Trinajstić information content (AvgIpc) is 2.80. The lowest BCUT2D eigenvalue weighted by Gasteiger charge is -2.35. The Labute approximate surface area is 178 Å². The van der Waals surface area contributed by atoms with Gasteiger partial charge in [0.25, 0.3) is 5.91 Å². The number of amides is 2. The number of hydrogen-bond acceptors (Lipinski definition) is 4. The minimum atomic E-state index is -0.615. The van der Waals surface area contributed by atoms with Gasteiger partial charge in [-0.2, -0.15) is 0 Å². The molecule has 0 aliphatic carbocycles. The largest absolute Gasteiger partial charge is 0.497 e. The molecule has 2 amide bonds. The van der Waals surface area contributed by atoms with Gasteiger partial charge in [-0.1, -0.05) is 36.8 Å². The highest BCUT2D eigenvalue weighted by Gasteiger charge is 2.24. The van der Waals surface area contributed by atoms with Crippen molar-refractivity contribution in [2.24, 2.45) is 0 Å². The third-order valence-electron chi connectivity index (χ3n) is 5.58. The first-order chi connectivity index (χ1) is 14.6. The van der Waals surface area contributed by atoms with E-state index in [0.717, 1.165) is 24.4 Å². The van der Waals surface area contributed by atoms with Crippen molar-refractivity contribution in [2.45, 2.75) is 38.3 Å². The zero-order valence-corrected chi connectivity index (χ0v) is 17.8. The topological polar surface area (TPSA) is 70.7 Å². The van der Waals surface area contributed by atoms with Gasteiger partial charge in [0.1, 0.15) is 11.8 Å². The highest BCUT2D eigenvalue weighted by molar-refractivity contribution is 5.97. The lowest BCUT2D eigenvalue weighted by Crippen LogP contribution is -2.47. The maximum atomic E-state index is 12.7. The fourth-order valence-electron chi connectivity index (χ4n) is 3.80. The van der Waals surface area contributed by atoms with Crippen molar-refractivity contribution >= 4 is 11.8 Å². The summed E-state index contributed by atoms with van der Waals surface area (Å²) in [6.07, 6.45) is 3.59. The van der Waals surface area contributed by atoms with Crippen LogP contribution in [-0.4, -0.2) is 49.5 Å². The summed E-state index contributed by atoms with van der Waals surface area (Å²) in [5, 5.41) is 5.81. The van der Waals surface area contributed by atoms with Crippen LogP contribution in [0.15, 0.2) is 54.6 Å². The van der Waals surface area contributed by atoms with E-state index in [1.54, 1.807) is 38.3 Å². The number of carbonyl (C=O) groups excluding carboxylic acids is 2. The van der Waals surface area contributed by atoms with Crippen molar-refractivity contribution in [3.8, 4) is 5.75 Å². The normalized spacial score (nSPS) is 16.3. The van der Waals surface area contributed by atoms with Crippen molar-refractivity contribution in [3.63, 3.8) is 0 Å². The molecule has 0 radical (unpaired) electrons. The molecule has 0 spiro atoms. The number of likely N-dealkylation sites (tertiary alicyclic amines) is 1. The molecule has 160 valence electrons. The molecule has 2 unspecified atom stereocenters. The molecule has 0 aromatic heterocycles. The van der Waals surface area contributed by atoms with Crippen LogP contribution in [0.1, 0.15) is 48.1 Å². The molecule has 0 bridgehead atoms. The second-order valence-electron chi connectivity index (χ2n) is 7.69. The zero-order valence-electron chi connectivity index (χ0n) is 17.8. The van der Waals surface area contributed by atoms with Crippen LogP contribution in [0.25, 0.3) is 0 Å². The number of nitrogens with zero attached hydrogens (tertiary/aromatic N) is 1. The first kappa shape index (κ1) is 21.8. The number of benzene rings is 2. The van der Waals surface area contributed by atoms with Gasteiger partial charge in [-0.3, -0.25) is 14.5 Å². The Kier molecular flexibility index (Phi) is 7.85. The minimum Gasteiger partial charge on any atom is -0.497 e. The van der Waals surface area contributed by atoms with Crippen molar-refractivity contribution in [1.82, 2.24) is 15.5 Å². The summed E-state index contributed by atoms with van der Waals surface area (Å²) in [5.74, 6) is 0.383. The first-order valence-electron chi connectivity index (χ1n) is 10.6. The summed E-state index contributed by atoms with van der Waals surface area (Å²) in [5.41, 5.74) is 1.69. The van der Waals surface area contributed by atoms with Gasteiger partial charge < -0.3 is 15.4 Å². The van der Waals surface area contributed by atoms with Gasteiger partial charge in [-0.25, -0.2) is 0 Å². The molecule has 1 heterocycles. The van der Waals surface area contributed by atoms with Crippen LogP contribution in [0.4, 0.5) is 0 Å². The first-order valence-corrected chi connectivity index (χ1v) is 10.6. The third-order valence-corrected chi connectivity index (χ3v) is 5.58.